The highest BCUT2D eigenvalue weighted by Crippen LogP contribution is 2.14. The molecule has 1 amide bonds. The van der Waals surface area contributed by atoms with Crippen LogP contribution in [0.3, 0.4) is 0 Å². The van der Waals surface area contributed by atoms with E-state index in [1.807, 2.05) is 56.3 Å². The number of carbonyl (C=O) groups excluding carboxylic acids is 1. The molecule has 1 N–H and O–H groups in total. The number of anilines is 1. The van der Waals surface area contributed by atoms with Crippen LogP contribution in [0.25, 0.3) is 6.08 Å². The third kappa shape index (κ3) is 5.67. The van der Waals surface area contributed by atoms with Gasteiger partial charge in [-0.15, -0.1) is 0 Å². The number of nitriles is 1. The average molecular weight is 287 g/mol. The first kappa shape index (κ1) is 16.7. The van der Waals surface area contributed by atoms with Crippen LogP contribution in [-0.2, 0) is 9.53 Å². The van der Waals surface area contributed by atoms with E-state index in [1.165, 1.54) is 0 Å². The molecule has 0 unspecified atom stereocenters. The van der Waals surface area contributed by atoms with Gasteiger partial charge >= 0.3 is 0 Å². The number of hydrogen-bond acceptors (Lipinski definition) is 4. The van der Waals surface area contributed by atoms with E-state index < -0.39 is 0 Å². The lowest BCUT2D eigenvalue weighted by molar-refractivity contribution is -0.117. The van der Waals surface area contributed by atoms with Gasteiger partial charge in [0.25, 0.3) is 5.91 Å². The first-order valence-electron chi connectivity index (χ1n) is 6.83. The molecule has 21 heavy (non-hydrogen) atoms. The van der Waals surface area contributed by atoms with Crippen molar-refractivity contribution < 1.29 is 9.53 Å². The Hall–Kier alpha value is -2.32. The minimum Gasteiger partial charge on any atom is -0.380 e. The highest BCUT2D eigenvalue weighted by molar-refractivity contribution is 6.01. The fraction of sp³-hybridized carbons (Fsp3) is 0.375. The predicted molar refractivity (Wildman–Crippen MR) is 83.9 cm³/mol. The summed E-state index contributed by atoms with van der Waals surface area (Å²) in [7, 11) is 3.91. The van der Waals surface area contributed by atoms with Crippen molar-refractivity contribution in [3.05, 3.63) is 35.4 Å². The van der Waals surface area contributed by atoms with Crippen LogP contribution in [0, 0.1) is 11.3 Å². The number of nitrogens with one attached hydrogen (secondary N) is 1. The van der Waals surface area contributed by atoms with Crippen LogP contribution in [0.1, 0.15) is 12.5 Å². The summed E-state index contributed by atoms with van der Waals surface area (Å²) in [5.41, 5.74) is 1.97. The van der Waals surface area contributed by atoms with Crippen molar-refractivity contribution >= 4 is 17.7 Å². The van der Waals surface area contributed by atoms with Crippen LogP contribution in [0.4, 0.5) is 5.69 Å². The molecule has 112 valence electrons. The lowest BCUT2D eigenvalue weighted by Gasteiger charge is -2.11. The number of carbonyl (C=O) groups is 1. The zero-order valence-electron chi connectivity index (χ0n) is 12.7. The molecule has 0 bridgehead atoms. The summed E-state index contributed by atoms with van der Waals surface area (Å²) in [5.74, 6) is -0.381. The van der Waals surface area contributed by atoms with E-state index in [0.29, 0.717) is 19.8 Å². The molecule has 0 aromatic heterocycles. The van der Waals surface area contributed by atoms with Crippen molar-refractivity contribution in [2.45, 2.75) is 6.92 Å². The second kappa shape index (κ2) is 8.77. The Labute approximate surface area is 125 Å². The SMILES string of the molecule is CCOCCNC(=O)/C(C#N)=C/c1ccc(N(C)C)cc1. The smallest absolute Gasteiger partial charge is 0.262 e. The van der Waals surface area contributed by atoms with Gasteiger partial charge in [0.05, 0.1) is 6.61 Å². The Morgan fingerprint density at radius 3 is 2.57 bits per heavy atom. The third-order valence-electron chi connectivity index (χ3n) is 2.82. The standard InChI is InChI=1S/C16H21N3O2/c1-4-21-10-9-18-16(20)14(12-17)11-13-5-7-15(8-6-13)19(2)3/h5-8,11H,4,9-10H2,1-3H3,(H,18,20)/b14-11+. The van der Waals surface area contributed by atoms with Crippen molar-refractivity contribution in [3.63, 3.8) is 0 Å². The van der Waals surface area contributed by atoms with E-state index in [0.717, 1.165) is 11.3 Å². The zero-order valence-corrected chi connectivity index (χ0v) is 12.7. The molecule has 5 heteroatoms. The van der Waals surface area contributed by atoms with E-state index >= 15 is 0 Å². The summed E-state index contributed by atoms with van der Waals surface area (Å²) in [6, 6.07) is 9.55. The molecule has 0 saturated heterocycles. The van der Waals surface area contributed by atoms with Gasteiger partial charge in [-0.05, 0) is 30.7 Å². The topological polar surface area (TPSA) is 65.4 Å². The van der Waals surface area contributed by atoms with E-state index in [2.05, 4.69) is 5.32 Å². The van der Waals surface area contributed by atoms with Crippen LogP contribution >= 0.6 is 0 Å². The van der Waals surface area contributed by atoms with Crippen molar-refractivity contribution in [3.8, 4) is 6.07 Å². The van der Waals surface area contributed by atoms with E-state index in [4.69, 9.17) is 10.00 Å². The Bertz CT molecular complexity index is 527. The van der Waals surface area contributed by atoms with Crippen molar-refractivity contribution in [1.29, 1.82) is 5.26 Å². The molecule has 0 saturated carbocycles. The lowest BCUT2D eigenvalue weighted by Crippen LogP contribution is -2.28. The van der Waals surface area contributed by atoms with E-state index in [-0.39, 0.29) is 11.5 Å². The molecular formula is C16H21N3O2. The first-order valence-corrected chi connectivity index (χ1v) is 6.83. The first-order chi connectivity index (χ1) is 10.1. The average Bonchev–Trinajstić information content (AvgIpc) is 2.49. The molecule has 1 rings (SSSR count). The van der Waals surface area contributed by atoms with Gasteiger partial charge in [-0.3, -0.25) is 4.79 Å². The van der Waals surface area contributed by atoms with Gasteiger partial charge in [-0.2, -0.15) is 5.26 Å². The Kier molecular flexibility index (Phi) is 6.99. The molecule has 0 radical (unpaired) electrons. The van der Waals surface area contributed by atoms with E-state index in [9.17, 15) is 4.79 Å². The van der Waals surface area contributed by atoms with Gasteiger partial charge in [-0.1, -0.05) is 12.1 Å². The van der Waals surface area contributed by atoms with Gasteiger partial charge < -0.3 is 15.0 Å². The Balaban J connectivity index is 2.70. The van der Waals surface area contributed by atoms with Crippen molar-refractivity contribution in [2.75, 3.05) is 38.8 Å². The van der Waals surface area contributed by atoms with Crippen LogP contribution in [-0.4, -0.2) is 39.8 Å². The number of nitrogens with zero attached hydrogens (tertiary/aromatic N) is 2. The summed E-state index contributed by atoms with van der Waals surface area (Å²) in [6.45, 7) is 3.33. The van der Waals surface area contributed by atoms with Gasteiger partial charge in [0.2, 0.25) is 0 Å². The molecule has 0 aliphatic heterocycles. The molecule has 0 fully saturated rings. The van der Waals surface area contributed by atoms with Crippen molar-refractivity contribution in [1.82, 2.24) is 5.32 Å². The third-order valence-corrected chi connectivity index (χ3v) is 2.82. The molecule has 5 nitrogen and oxygen atoms in total. The quantitative estimate of drug-likeness (QED) is 0.472. The molecule has 1 aromatic rings. The maximum absolute atomic E-state index is 11.9. The molecule has 0 spiro atoms. The lowest BCUT2D eigenvalue weighted by atomic mass is 10.1. The minimum atomic E-state index is -0.381. The monoisotopic (exact) mass is 287 g/mol. The fourth-order valence-electron chi connectivity index (χ4n) is 1.66. The maximum Gasteiger partial charge on any atom is 0.262 e. The summed E-state index contributed by atoms with van der Waals surface area (Å²) in [4.78, 5) is 13.8. The molecule has 0 aliphatic rings. The summed E-state index contributed by atoms with van der Waals surface area (Å²) < 4.78 is 5.13. The normalized spacial score (nSPS) is 10.9. The van der Waals surface area contributed by atoms with Crippen LogP contribution < -0.4 is 10.2 Å². The van der Waals surface area contributed by atoms with Gasteiger partial charge in [-0.25, -0.2) is 0 Å². The predicted octanol–water partition coefficient (Wildman–Crippen LogP) is 1.81. The largest absolute Gasteiger partial charge is 0.380 e. The number of amides is 1. The van der Waals surface area contributed by atoms with E-state index in [1.54, 1.807) is 6.08 Å². The number of ether oxygens (including phenoxy) is 1. The molecule has 1 aromatic carbocycles. The number of benzene rings is 1. The molecular weight excluding hydrogens is 266 g/mol. The fourth-order valence-corrected chi connectivity index (χ4v) is 1.66. The highest BCUT2D eigenvalue weighted by Gasteiger charge is 2.08. The minimum absolute atomic E-state index is 0.0871. The van der Waals surface area contributed by atoms with Crippen LogP contribution in [0.15, 0.2) is 29.8 Å². The Morgan fingerprint density at radius 1 is 1.38 bits per heavy atom. The number of hydrogen-bond donors (Lipinski definition) is 1. The zero-order chi connectivity index (χ0) is 15.7. The summed E-state index contributed by atoms with van der Waals surface area (Å²) in [5, 5.41) is 11.7. The van der Waals surface area contributed by atoms with Crippen LogP contribution in [0.2, 0.25) is 0 Å². The second-order valence-electron chi connectivity index (χ2n) is 4.61. The summed E-state index contributed by atoms with van der Waals surface area (Å²) in [6.07, 6.45) is 1.58. The molecule has 0 heterocycles. The molecule has 0 aliphatic carbocycles. The van der Waals surface area contributed by atoms with Crippen molar-refractivity contribution in [2.24, 2.45) is 0 Å². The Morgan fingerprint density at radius 2 is 2.05 bits per heavy atom. The number of rotatable bonds is 7. The van der Waals surface area contributed by atoms with Gasteiger partial charge in [0.1, 0.15) is 11.6 Å². The second-order valence-corrected chi connectivity index (χ2v) is 4.61. The van der Waals surface area contributed by atoms with Gasteiger partial charge in [0.15, 0.2) is 0 Å². The van der Waals surface area contributed by atoms with Gasteiger partial charge in [0, 0.05) is 32.9 Å². The highest BCUT2D eigenvalue weighted by atomic mass is 16.5. The summed E-state index contributed by atoms with van der Waals surface area (Å²) >= 11 is 0. The molecule has 0 atom stereocenters. The van der Waals surface area contributed by atoms with Crippen LogP contribution in [0.5, 0.6) is 0 Å². The maximum atomic E-state index is 11.9.